The van der Waals surface area contributed by atoms with Gasteiger partial charge in [-0.3, -0.25) is 9.56 Å². The Hall–Kier alpha value is -5.32. The summed E-state index contributed by atoms with van der Waals surface area (Å²) in [5.74, 6) is -0.0871. The SMILES string of the molecule is CN(CCC[C@H]1O[C@@H](n2cnc3c(N)ncnc32)[C@H](O)[C@@H]1O)C(N)=NCCC[C@H](NC(=O)OCc1ccccc1)C(=O)OCc1ccccc1. The normalized spacial score (nSPS) is 19.6. The lowest BCUT2D eigenvalue weighted by molar-refractivity contribution is -0.147. The molecule has 0 aliphatic carbocycles. The van der Waals surface area contributed by atoms with E-state index in [0.29, 0.717) is 43.5 Å². The fourth-order valence-corrected chi connectivity index (χ4v) is 5.49. The van der Waals surface area contributed by atoms with Gasteiger partial charge >= 0.3 is 12.1 Å². The highest BCUT2D eigenvalue weighted by atomic mass is 16.6. The Morgan fingerprint density at radius 2 is 1.68 bits per heavy atom. The van der Waals surface area contributed by atoms with Crippen molar-refractivity contribution in [3.63, 3.8) is 0 Å². The van der Waals surface area contributed by atoms with Crippen molar-refractivity contribution in [2.24, 2.45) is 10.7 Å². The number of rotatable bonds is 15. The highest BCUT2D eigenvalue weighted by Crippen LogP contribution is 2.33. The summed E-state index contributed by atoms with van der Waals surface area (Å²) in [5, 5.41) is 24.0. The molecular formula is C34H43N9O7. The van der Waals surface area contributed by atoms with E-state index in [4.69, 9.17) is 25.7 Å². The standard InChI is InChI=1S/C34H43N9O7/c1-42(17-9-15-25-27(44)28(45)31(50-25)43-21-40-26-29(35)38-20-39-30(26)43)33(36)37-16-8-14-24(32(46)48-18-22-10-4-2-5-11-22)41-34(47)49-19-23-12-6-3-7-13-23/h2-7,10-13,20-21,24-25,27-28,31,44-45H,8-9,14-19H2,1H3,(H2,36,37)(H,41,47)(H2,35,38,39)/t24-,25+,27+,28+,31+/m0/s1. The number of ether oxygens (including phenoxy) is 3. The number of hydrogen-bond donors (Lipinski definition) is 5. The molecule has 2 aromatic carbocycles. The molecule has 3 heterocycles. The van der Waals surface area contributed by atoms with Crippen LogP contribution in [0.1, 0.15) is 43.0 Å². The van der Waals surface area contributed by atoms with Gasteiger partial charge in [0.1, 0.15) is 43.3 Å². The van der Waals surface area contributed by atoms with Gasteiger partial charge in [0, 0.05) is 20.1 Å². The van der Waals surface area contributed by atoms with E-state index in [1.165, 1.54) is 17.2 Å². The zero-order valence-electron chi connectivity index (χ0n) is 27.7. The molecule has 1 saturated heterocycles. The van der Waals surface area contributed by atoms with Gasteiger partial charge in [0.2, 0.25) is 0 Å². The predicted molar refractivity (Wildman–Crippen MR) is 183 cm³/mol. The number of esters is 1. The zero-order chi connectivity index (χ0) is 35.5. The predicted octanol–water partition coefficient (Wildman–Crippen LogP) is 1.87. The van der Waals surface area contributed by atoms with E-state index >= 15 is 0 Å². The molecule has 0 spiro atoms. The minimum absolute atomic E-state index is 0.0609. The first-order valence-electron chi connectivity index (χ1n) is 16.3. The summed E-state index contributed by atoms with van der Waals surface area (Å²) >= 11 is 0. The fraction of sp³-hybridized carbons (Fsp3) is 0.412. The Morgan fingerprint density at radius 1 is 1.00 bits per heavy atom. The van der Waals surface area contributed by atoms with E-state index in [9.17, 15) is 19.8 Å². The first-order valence-corrected chi connectivity index (χ1v) is 16.3. The summed E-state index contributed by atoms with van der Waals surface area (Å²) in [6.45, 7) is 0.930. The lowest BCUT2D eigenvalue weighted by Crippen LogP contribution is -2.42. The molecule has 2 aromatic heterocycles. The molecular weight excluding hydrogens is 646 g/mol. The number of imidazole rings is 1. The van der Waals surface area contributed by atoms with Crippen LogP contribution in [0.4, 0.5) is 10.6 Å². The Balaban J connectivity index is 1.07. The van der Waals surface area contributed by atoms with Gasteiger partial charge in [-0.15, -0.1) is 0 Å². The minimum Gasteiger partial charge on any atom is -0.459 e. The van der Waals surface area contributed by atoms with Gasteiger partial charge in [0.15, 0.2) is 23.7 Å². The Bertz CT molecular complexity index is 1720. The largest absolute Gasteiger partial charge is 0.459 e. The molecule has 0 radical (unpaired) electrons. The van der Waals surface area contributed by atoms with E-state index in [0.717, 1.165) is 11.1 Å². The smallest absolute Gasteiger partial charge is 0.408 e. The van der Waals surface area contributed by atoms with Crippen molar-refractivity contribution in [1.82, 2.24) is 29.7 Å². The van der Waals surface area contributed by atoms with Gasteiger partial charge in [0.05, 0.1) is 12.4 Å². The molecule has 5 atom stereocenters. The number of carbonyl (C=O) groups is 2. The first kappa shape index (κ1) is 36.0. The van der Waals surface area contributed by atoms with E-state index < -0.39 is 42.6 Å². The first-order chi connectivity index (χ1) is 24.2. The molecule has 1 aliphatic heterocycles. The third-order valence-electron chi connectivity index (χ3n) is 8.31. The number of nitrogens with one attached hydrogen (secondary N) is 1. The van der Waals surface area contributed by atoms with E-state index in [1.54, 1.807) is 11.9 Å². The average molecular weight is 690 g/mol. The van der Waals surface area contributed by atoms with Crippen molar-refractivity contribution >= 4 is 35.0 Å². The van der Waals surface area contributed by atoms with Crippen LogP contribution in [-0.2, 0) is 32.2 Å². The Morgan fingerprint density at radius 3 is 2.38 bits per heavy atom. The number of aliphatic hydroxyl groups excluding tert-OH is 2. The molecule has 0 bridgehead atoms. The number of hydrogen-bond acceptors (Lipinski definition) is 12. The average Bonchev–Trinajstić information content (AvgIpc) is 3.69. The third-order valence-corrected chi connectivity index (χ3v) is 8.31. The summed E-state index contributed by atoms with van der Waals surface area (Å²) in [4.78, 5) is 44.1. The van der Waals surface area contributed by atoms with Crippen LogP contribution in [0.5, 0.6) is 0 Å². The monoisotopic (exact) mass is 689 g/mol. The van der Waals surface area contributed by atoms with Crippen LogP contribution in [0.2, 0.25) is 0 Å². The maximum atomic E-state index is 13.0. The second kappa shape index (κ2) is 17.4. The lowest BCUT2D eigenvalue weighted by Gasteiger charge is -2.20. The van der Waals surface area contributed by atoms with Crippen LogP contribution in [-0.4, -0.2) is 97.1 Å². The number of benzene rings is 2. The molecule has 266 valence electrons. The molecule has 1 amide bonds. The number of guanidine groups is 1. The minimum atomic E-state index is -1.20. The summed E-state index contributed by atoms with van der Waals surface area (Å²) < 4.78 is 18.4. The van der Waals surface area contributed by atoms with Crippen molar-refractivity contribution in [3.8, 4) is 0 Å². The number of nitrogen functional groups attached to an aromatic ring is 1. The van der Waals surface area contributed by atoms with Crippen LogP contribution < -0.4 is 16.8 Å². The van der Waals surface area contributed by atoms with Crippen LogP contribution in [0.25, 0.3) is 11.2 Å². The quantitative estimate of drug-likeness (QED) is 0.0521. The highest BCUT2D eigenvalue weighted by molar-refractivity contribution is 5.82. The molecule has 1 fully saturated rings. The number of aromatic nitrogens is 4. The summed E-state index contributed by atoms with van der Waals surface area (Å²) in [6, 6.07) is 17.5. The summed E-state index contributed by atoms with van der Waals surface area (Å²) in [6.07, 6.45) is -0.123. The second-order valence-electron chi connectivity index (χ2n) is 11.9. The van der Waals surface area contributed by atoms with Gasteiger partial charge in [-0.2, -0.15) is 0 Å². The molecule has 16 nitrogen and oxygen atoms in total. The van der Waals surface area contributed by atoms with Gasteiger partial charge in [0.25, 0.3) is 0 Å². The summed E-state index contributed by atoms with van der Waals surface area (Å²) in [5.41, 5.74) is 14.5. The number of nitrogens with zero attached hydrogens (tertiary/aromatic N) is 6. The summed E-state index contributed by atoms with van der Waals surface area (Å²) in [7, 11) is 1.79. The molecule has 16 heteroatoms. The van der Waals surface area contributed by atoms with Gasteiger partial charge in [-0.05, 0) is 36.8 Å². The molecule has 0 unspecified atom stereocenters. The second-order valence-corrected chi connectivity index (χ2v) is 11.9. The van der Waals surface area contributed by atoms with Crippen LogP contribution in [0.3, 0.4) is 0 Å². The van der Waals surface area contributed by atoms with E-state index in [1.807, 2.05) is 60.7 Å². The topological polar surface area (TPSA) is 226 Å². The number of carbonyl (C=O) groups excluding carboxylic acids is 2. The maximum absolute atomic E-state index is 13.0. The van der Waals surface area contributed by atoms with Crippen molar-refractivity contribution in [3.05, 3.63) is 84.4 Å². The number of amides is 1. The molecule has 1 aliphatic rings. The van der Waals surface area contributed by atoms with Gasteiger partial charge < -0.3 is 46.1 Å². The van der Waals surface area contributed by atoms with Crippen molar-refractivity contribution in [2.75, 3.05) is 25.9 Å². The van der Waals surface area contributed by atoms with Gasteiger partial charge in [-0.25, -0.2) is 24.5 Å². The third kappa shape index (κ3) is 9.43. The maximum Gasteiger partial charge on any atom is 0.408 e. The van der Waals surface area contributed by atoms with E-state index in [2.05, 4.69) is 25.3 Å². The van der Waals surface area contributed by atoms with E-state index in [-0.39, 0.29) is 31.4 Å². The Labute approximate surface area is 289 Å². The van der Waals surface area contributed by atoms with Crippen molar-refractivity contribution in [2.45, 2.75) is 69.5 Å². The lowest BCUT2D eigenvalue weighted by atomic mass is 10.1. The molecule has 5 rings (SSSR count). The molecule has 0 saturated carbocycles. The molecule has 7 N–H and O–H groups in total. The fourth-order valence-electron chi connectivity index (χ4n) is 5.49. The Kier molecular flexibility index (Phi) is 12.5. The number of aliphatic hydroxyl groups is 2. The van der Waals surface area contributed by atoms with Crippen LogP contribution >= 0.6 is 0 Å². The van der Waals surface area contributed by atoms with Gasteiger partial charge in [-0.1, -0.05) is 60.7 Å². The van der Waals surface area contributed by atoms with Crippen molar-refractivity contribution in [1.29, 1.82) is 0 Å². The van der Waals surface area contributed by atoms with Crippen LogP contribution in [0, 0.1) is 0 Å². The number of fused-ring (bicyclic) bond motifs is 1. The molecule has 50 heavy (non-hydrogen) atoms. The number of anilines is 1. The highest BCUT2D eigenvalue weighted by Gasteiger charge is 2.44. The van der Waals surface area contributed by atoms with Crippen LogP contribution in [0.15, 0.2) is 78.3 Å². The zero-order valence-corrected chi connectivity index (χ0v) is 27.7. The number of alkyl carbamates (subject to hydrolysis) is 1. The number of nitrogens with two attached hydrogens (primary N) is 2. The number of aliphatic imine (C=N–C) groups is 1. The molecule has 4 aromatic rings. The van der Waals surface area contributed by atoms with Crippen molar-refractivity contribution < 1.29 is 34.0 Å².